The van der Waals surface area contributed by atoms with Crippen molar-refractivity contribution in [2.24, 2.45) is 5.92 Å². The molecule has 2 rings (SSSR count). The van der Waals surface area contributed by atoms with Crippen LogP contribution in [-0.4, -0.2) is 31.1 Å². The summed E-state index contributed by atoms with van der Waals surface area (Å²) in [5, 5.41) is 3.47. The van der Waals surface area contributed by atoms with Gasteiger partial charge in [-0.25, -0.2) is 0 Å². The topological polar surface area (TPSA) is 41.3 Å². The molecule has 0 unspecified atom stereocenters. The molecule has 0 bridgehead atoms. The Balaban J connectivity index is 1.78. The maximum Gasteiger partial charge on any atom is 0.0604 e. The number of nitrogens with zero attached hydrogens (tertiary/aromatic N) is 1. The largest absolute Gasteiger partial charge is 0.397 e. The summed E-state index contributed by atoms with van der Waals surface area (Å²) in [6.07, 6.45) is 2.68. The molecule has 1 heterocycles. The Labute approximate surface area is 110 Å². The van der Waals surface area contributed by atoms with Gasteiger partial charge in [0.2, 0.25) is 0 Å². The molecule has 1 aliphatic rings. The SMILES string of the molecule is Cc1cccc(N)c1NCCN1CCC(C)CC1. The number of anilines is 2. The molecule has 0 amide bonds. The molecule has 1 fully saturated rings. The van der Waals surface area contributed by atoms with Crippen molar-refractivity contribution in [3.05, 3.63) is 23.8 Å². The van der Waals surface area contributed by atoms with E-state index in [2.05, 4.69) is 30.1 Å². The summed E-state index contributed by atoms with van der Waals surface area (Å²) < 4.78 is 0. The van der Waals surface area contributed by atoms with Crippen LogP contribution < -0.4 is 11.1 Å². The summed E-state index contributed by atoms with van der Waals surface area (Å²) in [5.74, 6) is 0.904. The summed E-state index contributed by atoms with van der Waals surface area (Å²) in [7, 11) is 0. The third-order valence-corrected chi connectivity index (χ3v) is 3.91. The highest BCUT2D eigenvalue weighted by Crippen LogP contribution is 2.22. The first kappa shape index (κ1) is 13.2. The second-order valence-corrected chi connectivity index (χ2v) is 5.49. The van der Waals surface area contributed by atoms with E-state index in [1.807, 2.05) is 12.1 Å². The summed E-state index contributed by atoms with van der Waals surface area (Å²) >= 11 is 0. The van der Waals surface area contributed by atoms with Crippen LogP contribution in [0.15, 0.2) is 18.2 Å². The van der Waals surface area contributed by atoms with Crippen LogP contribution in [0.2, 0.25) is 0 Å². The Bertz CT molecular complexity index is 361. The molecule has 0 aromatic heterocycles. The van der Waals surface area contributed by atoms with Gasteiger partial charge in [-0.05, 0) is 50.4 Å². The Morgan fingerprint density at radius 2 is 2.06 bits per heavy atom. The molecule has 0 atom stereocenters. The van der Waals surface area contributed by atoms with Gasteiger partial charge in [0, 0.05) is 13.1 Å². The molecule has 0 spiro atoms. The first-order chi connectivity index (χ1) is 8.66. The average Bonchev–Trinajstić information content (AvgIpc) is 2.35. The van der Waals surface area contributed by atoms with Crippen molar-refractivity contribution < 1.29 is 0 Å². The minimum absolute atomic E-state index is 0.849. The van der Waals surface area contributed by atoms with E-state index < -0.39 is 0 Å². The van der Waals surface area contributed by atoms with Crippen molar-refractivity contribution in [2.45, 2.75) is 26.7 Å². The molecule has 0 aliphatic carbocycles. The van der Waals surface area contributed by atoms with Crippen LogP contribution in [0.5, 0.6) is 0 Å². The monoisotopic (exact) mass is 247 g/mol. The van der Waals surface area contributed by atoms with Crippen LogP contribution in [0, 0.1) is 12.8 Å². The van der Waals surface area contributed by atoms with Crippen LogP contribution in [-0.2, 0) is 0 Å². The number of hydrogen-bond donors (Lipinski definition) is 2. The van der Waals surface area contributed by atoms with E-state index in [-0.39, 0.29) is 0 Å². The number of benzene rings is 1. The summed E-state index contributed by atoms with van der Waals surface area (Å²) in [6.45, 7) is 9.02. The highest BCUT2D eigenvalue weighted by Gasteiger charge is 2.14. The zero-order valence-electron chi connectivity index (χ0n) is 11.6. The van der Waals surface area contributed by atoms with Crippen LogP contribution in [0.4, 0.5) is 11.4 Å². The fourth-order valence-electron chi connectivity index (χ4n) is 2.56. The molecular formula is C15H25N3. The molecule has 18 heavy (non-hydrogen) atoms. The van der Waals surface area contributed by atoms with Gasteiger partial charge in [0.25, 0.3) is 0 Å². The van der Waals surface area contributed by atoms with Crippen LogP contribution in [0.1, 0.15) is 25.3 Å². The van der Waals surface area contributed by atoms with E-state index in [1.165, 1.54) is 31.5 Å². The lowest BCUT2D eigenvalue weighted by molar-refractivity contribution is 0.199. The Morgan fingerprint density at radius 3 is 2.72 bits per heavy atom. The smallest absolute Gasteiger partial charge is 0.0604 e. The van der Waals surface area contributed by atoms with Gasteiger partial charge >= 0.3 is 0 Å². The lowest BCUT2D eigenvalue weighted by Gasteiger charge is -2.30. The number of aryl methyl sites for hydroxylation is 1. The van der Waals surface area contributed by atoms with Crippen molar-refractivity contribution in [1.82, 2.24) is 4.90 Å². The van der Waals surface area contributed by atoms with Crippen molar-refractivity contribution in [2.75, 3.05) is 37.2 Å². The maximum atomic E-state index is 5.98. The number of piperidine rings is 1. The van der Waals surface area contributed by atoms with Gasteiger partial charge in [-0.2, -0.15) is 0 Å². The molecular weight excluding hydrogens is 222 g/mol. The molecule has 0 radical (unpaired) electrons. The van der Waals surface area contributed by atoms with Crippen LogP contribution in [0.25, 0.3) is 0 Å². The molecule has 3 nitrogen and oxygen atoms in total. The van der Waals surface area contributed by atoms with Gasteiger partial charge in [0.05, 0.1) is 11.4 Å². The van der Waals surface area contributed by atoms with Gasteiger partial charge in [-0.1, -0.05) is 19.1 Å². The van der Waals surface area contributed by atoms with E-state index in [0.717, 1.165) is 30.4 Å². The van der Waals surface area contributed by atoms with Crippen LogP contribution >= 0.6 is 0 Å². The summed E-state index contributed by atoms with van der Waals surface area (Å²) in [5.41, 5.74) is 9.16. The van der Waals surface area contributed by atoms with Crippen molar-refractivity contribution in [1.29, 1.82) is 0 Å². The third-order valence-electron chi connectivity index (χ3n) is 3.91. The third kappa shape index (κ3) is 3.39. The highest BCUT2D eigenvalue weighted by atomic mass is 15.1. The highest BCUT2D eigenvalue weighted by molar-refractivity contribution is 5.69. The summed E-state index contributed by atoms with van der Waals surface area (Å²) in [4.78, 5) is 2.54. The molecule has 1 aromatic rings. The van der Waals surface area contributed by atoms with E-state index in [1.54, 1.807) is 0 Å². The number of nitrogens with two attached hydrogens (primary N) is 1. The molecule has 1 aromatic carbocycles. The fourth-order valence-corrected chi connectivity index (χ4v) is 2.56. The average molecular weight is 247 g/mol. The molecule has 1 saturated heterocycles. The number of nitrogen functional groups attached to an aromatic ring is 1. The van der Waals surface area contributed by atoms with Gasteiger partial charge < -0.3 is 16.0 Å². The van der Waals surface area contributed by atoms with E-state index in [4.69, 9.17) is 5.73 Å². The maximum absolute atomic E-state index is 5.98. The minimum Gasteiger partial charge on any atom is -0.397 e. The molecule has 3 heteroatoms. The molecule has 1 aliphatic heterocycles. The molecule has 3 N–H and O–H groups in total. The Morgan fingerprint density at radius 1 is 1.33 bits per heavy atom. The summed E-state index contributed by atoms with van der Waals surface area (Å²) in [6, 6.07) is 6.06. The normalized spacial score (nSPS) is 17.9. The Hall–Kier alpha value is -1.22. The first-order valence-corrected chi connectivity index (χ1v) is 6.98. The van der Waals surface area contributed by atoms with E-state index in [0.29, 0.717) is 0 Å². The zero-order valence-corrected chi connectivity index (χ0v) is 11.6. The fraction of sp³-hybridized carbons (Fsp3) is 0.600. The van der Waals surface area contributed by atoms with Gasteiger partial charge in [0.1, 0.15) is 0 Å². The quantitative estimate of drug-likeness (QED) is 0.804. The van der Waals surface area contributed by atoms with Crippen LogP contribution in [0.3, 0.4) is 0 Å². The second-order valence-electron chi connectivity index (χ2n) is 5.49. The first-order valence-electron chi connectivity index (χ1n) is 6.98. The number of rotatable bonds is 4. The molecule has 0 saturated carbocycles. The van der Waals surface area contributed by atoms with E-state index in [9.17, 15) is 0 Å². The van der Waals surface area contributed by atoms with Crippen molar-refractivity contribution in [3.8, 4) is 0 Å². The predicted octanol–water partition coefficient (Wildman–Crippen LogP) is 2.72. The second kappa shape index (κ2) is 6.10. The molecule has 100 valence electrons. The predicted molar refractivity (Wildman–Crippen MR) is 78.9 cm³/mol. The number of para-hydroxylation sites is 1. The van der Waals surface area contributed by atoms with Gasteiger partial charge in [-0.15, -0.1) is 0 Å². The van der Waals surface area contributed by atoms with Gasteiger partial charge in [-0.3, -0.25) is 0 Å². The van der Waals surface area contributed by atoms with Crippen molar-refractivity contribution in [3.63, 3.8) is 0 Å². The Kier molecular flexibility index (Phi) is 4.48. The minimum atomic E-state index is 0.849. The lowest BCUT2D eigenvalue weighted by Crippen LogP contribution is -2.36. The zero-order chi connectivity index (χ0) is 13.0. The number of nitrogens with one attached hydrogen (secondary N) is 1. The lowest BCUT2D eigenvalue weighted by atomic mass is 9.99. The van der Waals surface area contributed by atoms with Crippen molar-refractivity contribution >= 4 is 11.4 Å². The number of likely N-dealkylation sites (tertiary alicyclic amines) is 1. The van der Waals surface area contributed by atoms with E-state index >= 15 is 0 Å². The standard InChI is InChI=1S/C15H25N3/c1-12-6-9-18(10-7-12)11-8-17-15-13(2)4-3-5-14(15)16/h3-5,12,17H,6-11,16H2,1-2H3. The number of hydrogen-bond acceptors (Lipinski definition) is 3. The van der Waals surface area contributed by atoms with Gasteiger partial charge in [0.15, 0.2) is 0 Å².